The molecule has 0 atom stereocenters. The van der Waals surface area contributed by atoms with Crippen molar-refractivity contribution in [2.75, 3.05) is 13.2 Å². The number of rotatable bonds is 5. The van der Waals surface area contributed by atoms with Crippen LogP contribution < -0.4 is 5.32 Å². The van der Waals surface area contributed by atoms with Crippen LogP contribution in [0.15, 0.2) is 18.2 Å². The number of aliphatic hydroxyl groups is 1. The van der Waals surface area contributed by atoms with Gasteiger partial charge in [-0.1, -0.05) is 0 Å². The van der Waals surface area contributed by atoms with Crippen LogP contribution in [0.1, 0.15) is 16.8 Å². The Bertz CT molecular complexity index is 436. The van der Waals surface area contributed by atoms with Crippen molar-refractivity contribution < 1.29 is 19.2 Å². The van der Waals surface area contributed by atoms with Crippen molar-refractivity contribution in [3.05, 3.63) is 39.7 Å². The molecule has 2 N–H and O–H groups in total. The summed E-state index contributed by atoms with van der Waals surface area (Å²) >= 11 is 0. The highest BCUT2D eigenvalue weighted by atomic mass is 19.1. The zero-order chi connectivity index (χ0) is 12.8. The minimum atomic E-state index is -0.822. The topological polar surface area (TPSA) is 92.5 Å². The minimum Gasteiger partial charge on any atom is -0.396 e. The first-order chi connectivity index (χ1) is 8.06. The fraction of sp³-hybridized carbons (Fsp3) is 0.300. The third-order valence-electron chi connectivity index (χ3n) is 2.03. The highest BCUT2D eigenvalue weighted by molar-refractivity contribution is 5.95. The standard InChI is InChI=1S/C10H11FN2O4/c11-9-3-2-7(13(16)17)6-8(9)10(15)12-4-1-5-14/h2-3,6,14H,1,4-5H2,(H,12,15). The van der Waals surface area contributed by atoms with Gasteiger partial charge in [-0.3, -0.25) is 14.9 Å². The summed E-state index contributed by atoms with van der Waals surface area (Å²) in [7, 11) is 0. The summed E-state index contributed by atoms with van der Waals surface area (Å²) in [4.78, 5) is 21.2. The maximum Gasteiger partial charge on any atom is 0.270 e. The Balaban J connectivity index is 2.84. The van der Waals surface area contributed by atoms with Crippen LogP contribution in [-0.4, -0.2) is 29.1 Å². The number of carbonyl (C=O) groups excluding carboxylic acids is 1. The van der Waals surface area contributed by atoms with Gasteiger partial charge in [-0.25, -0.2) is 4.39 Å². The summed E-state index contributed by atoms with van der Waals surface area (Å²) in [6, 6.07) is 2.74. The molecule has 1 rings (SSSR count). The molecular weight excluding hydrogens is 231 g/mol. The average Bonchev–Trinajstić information content (AvgIpc) is 2.29. The highest BCUT2D eigenvalue weighted by Crippen LogP contribution is 2.16. The molecule has 0 saturated carbocycles. The molecule has 1 aromatic carbocycles. The van der Waals surface area contributed by atoms with Gasteiger partial charge < -0.3 is 10.4 Å². The van der Waals surface area contributed by atoms with E-state index in [1.807, 2.05) is 0 Å². The average molecular weight is 242 g/mol. The molecule has 0 fully saturated rings. The first-order valence-electron chi connectivity index (χ1n) is 4.89. The molecule has 0 aliphatic heterocycles. The predicted molar refractivity (Wildman–Crippen MR) is 57.1 cm³/mol. The van der Waals surface area contributed by atoms with Gasteiger partial charge in [0, 0.05) is 25.3 Å². The van der Waals surface area contributed by atoms with E-state index in [0.717, 1.165) is 18.2 Å². The number of nitrogens with zero attached hydrogens (tertiary/aromatic N) is 1. The Hall–Kier alpha value is -2.02. The van der Waals surface area contributed by atoms with Crippen LogP contribution in [0.25, 0.3) is 0 Å². The number of carbonyl (C=O) groups is 1. The number of nitro benzene ring substituents is 1. The zero-order valence-electron chi connectivity index (χ0n) is 8.85. The molecule has 0 radical (unpaired) electrons. The van der Waals surface area contributed by atoms with E-state index in [4.69, 9.17) is 5.11 Å². The van der Waals surface area contributed by atoms with Crippen LogP contribution in [-0.2, 0) is 0 Å². The summed E-state index contributed by atoms with van der Waals surface area (Å²) in [6.45, 7) is 0.0785. The van der Waals surface area contributed by atoms with Crippen LogP contribution in [0.2, 0.25) is 0 Å². The number of halogens is 1. The van der Waals surface area contributed by atoms with E-state index in [9.17, 15) is 19.3 Å². The molecule has 1 amide bonds. The van der Waals surface area contributed by atoms with Gasteiger partial charge >= 0.3 is 0 Å². The molecule has 17 heavy (non-hydrogen) atoms. The third kappa shape index (κ3) is 3.49. The number of nitro groups is 1. The molecular formula is C10H11FN2O4. The molecule has 7 heteroatoms. The lowest BCUT2D eigenvalue weighted by atomic mass is 10.1. The Labute approximate surface area is 96.2 Å². The van der Waals surface area contributed by atoms with Gasteiger partial charge in [0.05, 0.1) is 10.5 Å². The Kier molecular flexibility index (Phi) is 4.53. The van der Waals surface area contributed by atoms with E-state index in [0.29, 0.717) is 6.42 Å². The summed E-state index contributed by atoms with van der Waals surface area (Å²) < 4.78 is 13.3. The SMILES string of the molecule is O=C(NCCCO)c1cc([N+](=O)[O-])ccc1F. The molecule has 0 spiro atoms. The van der Waals surface area contributed by atoms with Gasteiger partial charge in [0.15, 0.2) is 0 Å². The van der Waals surface area contributed by atoms with E-state index < -0.39 is 16.6 Å². The fourth-order valence-corrected chi connectivity index (χ4v) is 1.18. The third-order valence-corrected chi connectivity index (χ3v) is 2.03. The number of non-ortho nitro benzene ring substituents is 1. The van der Waals surface area contributed by atoms with Gasteiger partial charge in [-0.15, -0.1) is 0 Å². The Morgan fingerprint density at radius 1 is 1.53 bits per heavy atom. The minimum absolute atomic E-state index is 0.0995. The van der Waals surface area contributed by atoms with Crippen molar-refractivity contribution in [1.82, 2.24) is 5.32 Å². The molecule has 0 saturated heterocycles. The summed E-state index contributed by atoms with van der Waals surface area (Å²) in [6.07, 6.45) is 0.336. The van der Waals surface area contributed by atoms with Gasteiger partial charge in [0.2, 0.25) is 0 Å². The molecule has 1 aromatic rings. The van der Waals surface area contributed by atoms with E-state index >= 15 is 0 Å². The Morgan fingerprint density at radius 3 is 2.82 bits per heavy atom. The van der Waals surface area contributed by atoms with Crippen LogP contribution >= 0.6 is 0 Å². The lowest BCUT2D eigenvalue weighted by molar-refractivity contribution is -0.384. The molecule has 0 aromatic heterocycles. The molecule has 0 heterocycles. The second kappa shape index (κ2) is 5.90. The molecule has 0 aliphatic rings. The van der Waals surface area contributed by atoms with Crippen molar-refractivity contribution >= 4 is 11.6 Å². The number of amides is 1. The van der Waals surface area contributed by atoms with Crippen LogP contribution in [0.5, 0.6) is 0 Å². The number of aliphatic hydroxyl groups excluding tert-OH is 1. The van der Waals surface area contributed by atoms with Gasteiger partial charge in [0.25, 0.3) is 11.6 Å². The monoisotopic (exact) mass is 242 g/mol. The highest BCUT2D eigenvalue weighted by Gasteiger charge is 2.16. The normalized spacial score (nSPS) is 10.0. The first-order valence-corrected chi connectivity index (χ1v) is 4.89. The smallest absolute Gasteiger partial charge is 0.270 e. The van der Waals surface area contributed by atoms with Crippen molar-refractivity contribution in [2.45, 2.75) is 6.42 Å². The Morgan fingerprint density at radius 2 is 2.24 bits per heavy atom. The van der Waals surface area contributed by atoms with Crippen LogP contribution in [0, 0.1) is 15.9 Å². The second-order valence-electron chi connectivity index (χ2n) is 3.25. The summed E-state index contributed by atoms with van der Waals surface area (Å²) in [5, 5.41) is 21.3. The van der Waals surface area contributed by atoms with Crippen molar-refractivity contribution in [3.8, 4) is 0 Å². The van der Waals surface area contributed by atoms with Gasteiger partial charge in [-0.05, 0) is 12.5 Å². The fourth-order valence-electron chi connectivity index (χ4n) is 1.18. The lowest BCUT2D eigenvalue weighted by Crippen LogP contribution is -2.26. The largest absolute Gasteiger partial charge is 0.396 e. The number of hydrogen-bond acceptors (Lipinski definition) is 4. The van der Waals surface area contributed by atoms with Crippen molar-refractivity contribution in [2.24, 2.45) is 0 Å². The van der Waals surface area contributed by atoms with E-state index in [1.54, 1.807) is 0 Å². The summed E-state index contributed by atoms with van der Waals surface area (Å²) in [5.41, 5.74) is -0.726. The number of nitrogens with one attached hydrogen (secondary N) is 1. The van der Waals surface area contributed by atoms with Crippen molar-refractivity contribution in [1.29, 1.82) is 0 Å². The van der Waals surface area contributed by atoms with E-state index in [-0.39, 0.29) is 24.4 Å². The second-order valence-corrected chi connectivity index (χ2v) is 3.25. The molecule has 0 unspecified atom stereocenters. The molecule has 0 aliphatic carbocycles. The molecule has 92 valence electrons. The van der Waals surface area contributed by atoms with E-state index in [2.05, 4.69) is 5.32 Å². The van der Waals surface area contributed by atoms with E-state index in [1.165, 1.54) is 0 Å². The zero-order valence-corrected chi connectivity index (χ0v) is 8.85. The maximum atomic E-state index is 13.3. The maximum absolute atomic E-state index is 13.3. The van der Waals surface area contributed by atoms with Gasteiger partial charge in [0.1, 0.15) is 5.82 Å². The quantitative estimate of drug-likeness (QED) is 0.454. The predicted octanol–water partition coefficient (Wildman–Crippen LogP) is 0.846. The summed E-state index contributed by atoms with van der Waals surface area (Å²) in [5.74, 6) is -1.56. The first kappa shape index (κ1) is 13.0. The van der Waals surface area contributed by atoms with Crippen LogP contribution in [0.4, 0.5) is 10.1 Å². The number of hydrogen-bond donors (Lipinski definition) is 2. The van der Waals surface area contributed by atoms with Crippen molar-refractivity contribution in [3.63, 3.8) is 0 Å². The molecule has 6 nitrogen and oxygen atoms in total. The van der Waals surface area contributed by atoms with Crippen LogP contribution in [0.3, 0.4) is 0 Å². The van der Waals surface area contributed by atoms with Gasteiger partial charge in [-0.2, -0.15) is 0 Å². The lowest BCUT2D eigenvalue weighted by Gasteiger charge is -2.04. The number of benzene rings is 1. The molecule has 0 bridgehead atoms.